The highest BCUT2D eigenvalue weighted by Gasteiger charge is 2.34. The van der Waals surface area contributed by atoms with Crippen molar-refractivity contribution in [3.05, 3.63) is 11.1 Å². The molecule has 1 aliphatic rings. The van der Waals surface area contributed by atoms with Crippen LogP contribution in [0.2, 0.25) is 0 Å². The van der Waals surface area contributed by atoms with Crippen LogP contribution in [0.3, 0.4) is 0 Å². The zero-order valence-corrected chi connectivity index (χ0v) is 18.4. The van der Waals surface area contributed by atoms with Crippen molar-refractivity contribution in [3.63, 3.8) is 0 Å². The molecule has 0 aromatic carbocycles. The lowest BCUT2D eigenvalue weighted by Gasteiger charge is -2.23. The van der Waals surface area contributed by atoms with Crippen LogP contribution in [-0.4, -0.2) is 60.1 Å². The molecule has 1 N–H and O–H groups in total. The maximum absolute atomic E-state index is 11.9. The van der Waals surface area contributed by atoms with E-state index in [1.54, 1.807) is 48.5 Å². The normalized spacial score (nSPS) is 15.0. The number of hydrogen-bond acceptors (Lipinski definition) is 7. The molecule has 158 valence electrons. The first-order chi connectivity index (χ1) is 12.4. The molecule has 1 aliphatic heterocycles. The van der Waals surface area contributed by atoms with Crippen molar-refractivity contribution in [2.75, 3.05) is 32.5 Å². The Morgan fingerprint density at radius 2 is 1.70 bits per heavy atom. The smallest absolute Gasteiger partial charge is 0.417 e. The van der Waals surface area contributed by atoms with Gasteiger partial charge < -0.3 is 18.9 Å². The van der Waals surface area contributed by atoms with Gasteiger partial charge in [-0.1, -0.05) is 6.92 Å². The molecule has 0 aromatic heterocycles. The second-order valence-corrected chi connectivity index (χ2v) is 9.24. The third kappa shape index (κ3) is 9.02. The van der Waals surface area contributed by atoms with Crippen LogP contribution >= 0.6 is 7.60 Å². The first-order valence-corrected chi connectivity index (χ1v) is 10.9. The number of hydrogen-bond donors (Lipinski definition) is 1. The molecule has 0 fully saturated rings. The Morgan fingerprint density at radius 1 is 1.19 bits per heavy atom. The molecule has 0 radical (unpaired) electrons. The summed E-state index contributed by atoms with van der Waals surface area (Å²) >= 11 is 0. The van der Waals surface area contributed by atoms with Gasteiger partial charge >= 0.3 is 13.7 Å². The number of carbonyl (C=O) groups excluding carboxylic acids is 2. The van der Waals surface area contributed by atoms with Crippen molar-refractivity contribution < 1.29 is 33.0 Å². The summed E-state index contributed by atoms with van der Waals surface area (Å²) in [6.07, 6.45) is 0.105. The Morgan fingerprint density at radius 3 is 2.07 bits per heavy atom. The fraction of sp³-hybridized carbons (Fsp3) is 0.778. The van der Waals surface area contributed by atoms with Crippen LogP contribution in [0, 0.1) is 0 Å². The number of ether oxygens (including phenoxy) is 1. The Hall–Kier alpha value is -1.21. The van der Waals surface area contributed by atoms with Gasteiger partial charge in [-0.05, 0) is 47.1 Å². The predicted molar refractivity (Wildman–Crippen MR) is 104 cm³/mol. The first-order valence-electron chi connectivity index (χ1n) is 9.17. The quantitative estimate of drug-likeness (QED) is 0.641. The van der Waals surface area contributed by atoms with E-state index in [0.29, 0.717) is 24.9 Å². The minimum absolute atomic E-state index is 0.0967. The molecule has 0 aromatic rings. The maximum atomic E-state index is 11.9. The lowest BCUT2D eigenvalue weighted by atomic mass is 10.1. The van der Waals surface area contributed by atoms with Crippen LogP contribution in [0.1, 0.15) is 54.9 Å². The number of rotatable bonds is 7. The van der Waals surface area contributed by atoms with Gasteiger partial charge in [-0.15, -0.1) is 0 Å². The van der Waals surface area contributed by atoms with E-state index in [-0.39, 0.29) is 25.5 Å². The second-order valence-electron chi connectivity index (χ2n) is 6.87. The van der Waals surface area contributed by atoms with Crippen molar-refractivity contribution in [1.82, 2.24) is 4.90 Å². The molecular formula is C18H34NO7P. The van der Waals surface area contributed by atoms with Gasteiger partial charge in [0.05, 0.1) is 19.8 Å². The van der Waals surface area contributed by atoms with E-state index in [4.69, 9.17) is 18.9 Å². The Bertz CT molecular complexity index is 571. The minimum atomic E-state index is -2.70. The summed E-state index contributed by atoms with van der Waals surface area (Å²) in [5.74, 6) is -0.356. The number of aliphatic hydroxyl groups is 1. The van der Waals surface area contributed by atoms with Crippen LogP contribution in [-0.2, 0) is 23.1 Å². The summed E-state index contributed by atoms with van der Waals surface area (Å²) in [6, 6.07) is 0. The van der Waals surface area contributed by atoms with Crippen molar-refractivity contribution >= 4 is 19.6 Å². The van der Waals surface area contributed by atoms with Gasteiger partial charge in [0.15, 0.2) is 0 Å². The van der Waals surface area contributed by atoms with Crippen molar-refractivity contribution in [3.8, 4) is 0 Å². The second kappa shape index (κ2) is 11.6. The number of nitrogens with zero attached hydrogens (tertiary/aromatic N) is 1. The summed E-state index contributed by atoms with van der Waals surface area (Å²) < 4.78 is 26.4. The molecule has 0 aliphatic carbocycles. The molecule has 9 heteroatoms. The average molecular weight is 407 g/mol. The average Bonchev–Trinajstić information content (AvgIpc) is 2.83. The van der Waals surface area contributed by atoms with Crippen LogP contribution in [0.25, 0.3) is 0 Å². The summed E-state index contributed by atoms with van der Waals surface area (Å²) in [4.78, 5) is 24.7. The van der Waals surface area contributed by atoms with Crippen molar-refractivity contribution in [2.24, 2.45) is 0 Å². The maximum Gasteiger partial charge on any atom is 0.417 e. The van der Waals surface area contributed by atoms with E-state index in [0.717, 1.165) is 10.5 Å². The largest absolute Gasteiger partial charge is 0.443 e. The van der Waals surface area contributed by atoms with Gasteiger partial charge in [-0.2, -0.15) is 0 Å². The van der Waals surface area contributed by atoms with Crippen molar-refractivity contribution in [1.29, 1.82) is 0 Å². The van der Waals surface area contributed by atoms with E-state index in [1.807, 2.05) is 0 Å². The van der Waals surface area contributed by atoms with Gasteiger partial charge in [0.2, 0.25) is 0 Å². The van der Waals surface area contributed by atoms with E-state index in [1.165, 1.54) is 0 Å². The SMILES string of the molecule is CC1=C(CCO)C(=O)N(C(=O)OC(C)(C)C)C1.CCOP(=O)(CC)OCC. The Labute approximate surface area is 162 Å². The zero-order valence-electron chi connectivity index (χ0n) is 17.5. The minimum Gasteiger partial charge on any atom is -0.443 e. The number of carbonyl (C=O) groups is 2. The highest BCUT2D eigenvalue weighted by molar-refractivity contribution is 7.53. The van der Waals surface area contributed by atoms with E-state index in [9.17, 15) is 14.2 Å². The summed E-state index contributed by atoms with van der Waals surface area (Å²) in [6.45, 7) is 13.5. The van der Waals surface area contributed by atoms with Crippen LogP contribution in [0.15, 0.2) is 11.1 Å². The molecule has 0 unspecified atom stereocenters. The molecule has 0 saturated heterocycles. The fourth-order valence-electron chi connectivity index (χ4n) is 2.26. The summed E-state index contributed by atoms with van der Waals surface area (Å²) in [5.41, 5.74) is 0.707. The van der Waals surface area contributed by atoms with Gasteiger partial charge in [-0.3, -0.25) is 9.36 Å². The number of amides is 2. The summed E-state index contributed by atoms with van der Waals surface area (Å²) in [7, 11) is -2.70. The Balaban J connectivity index is 0.000000580. The van der Waals surface area contributed by atoms with Crippen molar-refractivity contribution in [2.45, 2.75) is 60.5 Å². The molecule has 8 nitrogen and oxygen atoms in total. The molecule has 0 spiro atoms. The highest BCUT2D eigenvalue weighted by Crippen LogP contribution is 2.47. The molecule has 2 amide bonds. The molecule has 27 heavy (non-hydrogen) atoms. The van der Waals surface area contributed by atoms with E-state index >= 15 is 0 Å². The zero-order chi connectivity index (χ0) is 21.3. The number of imide groups is 1. The molecule has 1 rings (SSSR count). The van der Waals surface area contributed by atoms with E-state index < -0.39 is 19.3 Å². The predicted octanol–water partition coefficient (Wildman–Crippen LogP) is 3.74. The number of aliphatic hydroxyl groups excluding tert-OH is 1. The highest BCUT2D eigenvalue weighted by atomic mass is 31.2. The molecule has 0 bridgehead atoms. The lowest BCUT2D eigenvalue weighted by Crippen LogP contribution is -2.38. The monoisotopic (exact) mass is 407 g/mol. The third-order valence-corrected chi connectivity index (χ3v) is 5.51. The molecule has 1 heterocycles. The first kappa shape index (κ1) is 25.8. The fourth-order valence-corrected chi connectivity index (χ4v) is 3.49. The van der Waals surface area contributed by atoms with Crippen LogP contribution in [0.4, 0.5) is 4.79 Å². The van der Waals surface area contributed by atoms with Crippen LogP contribution in [0.5, 0.6) is 0 Å². The van der Waals surface area contributed by atoms with E-state index in [2.05, 4.69) is 0 Å². The van der Waals surface area contributed by atoms with Gasteiger partial charge in [-0.25, -0.2) is 9.69 Å². The lowest BCUT2D eigenvalue weighted by molar-refractivity contribution is -0.125. The molecule has 0 atom stereocenters. The summed E-state index contributed by atoms with van der Waals surface area (Å²) in [5, 5.41) is 8.85. The third-order valence-electron chi connectivity index (χ3n) is 3.43. The van der Waals surface area contributed by atoms with Gasteiger partial charge in [0, 0.05) is 24.8 Å². The van der Waals surface area contributed by atoms with Crippen LogP contribution < -0.4 is 0 Å². The molecular weight excluding hydrogens is 373 g/mol. The molecule has 0 saturated carbocycles. The van der Waals surface area contributed by atoms with Gasteiger partial charge in [0.25, 0.3) is 5.91 Å². The topological polar surface area (TPSA) is 102 Å². The standard InChI is InChI=1S/C12H19NO4.C6H15O3P/c1-8-7-13(10(15)9(8)5-6-14)11(16)17-12(2,3)4;1-4-8-10(7,6-3)9-5-2/h14H,5-7H2,1-4H3;4-6H2,1-3H3. The van der Waals surface area contributed by atoms with Gasteiger partial charge in [0.1, 0.15) is 5.60 Å². The Kier molecular flexibility index (Phi) is 11.1.